The molecule has 11 heteroatoms. The highest BCUT2D eigenvalue weighted by Gasteiger charge is 2.31. The van der Waals surface area contributed by atoms with Gasteiger partial charge in [-0.25, -0.2) is 13.2 Å². The lowest BCUT2D eigenvalue weighted by Gasteiger charge is -2.36. The minimum Gasteiger partial charge on any atom is -0.445 e. The number of rotatable bonds is 6. The number of fused-ring (bicyclic) bond motifs is 1. The predicted molar refractivity (Wildman–Crippen MR) is 140 cm³/mol. The summed E-state index contributed by atoms with van der Waals surface area (Å²) in [4.78, 5) is 30.5. The van der Waals surface area contributed by atoms with Crippen LogP contribution in [0.25, 0.3) is 0 Å². The molecule has 1 aliphatic carbocycles. The molecule has 1 heterocycles. The van der Waals surface area contributed by atoms with Crippen LogP contribution in [0, 0.1) is 0 Å². The number of aryl methyl sites for hydroxylation is 1. The van der Waals surface area contributed by atoms with Crippen molar-refractivity contribution < 1.29 is 22.7 Å². The Balaban J connectivity index is 1.38. The van der Waals surface area contributed by atoms with E-state index >= 15 is 0 Å². The first-order valence-electron chi connectivity index (χ1n) is 11.7. The first-order chi connectivity index (χ1) is 17.0. The maximum absolute atomic E-state index is 12.8. The van der Waals surface area contributed by atoms with E-state index in [4.69, 9.17) is 27.9 Å². The van der Waals surface area contributed by atoms with E-state index in [2.05, 4.69) is 23.1 Å². The molecule has 2 aromatic rings. The summed E-state index contributed by atoms with van der Waals surface area (Å²) in [5.74, 6) is -0.813. The van der Waals surface area contributed by atoms with Crippen LogP contribution < -0.4 is 4.90 Å². The number of carbonyl (C=O) groups excluding carboxylic acids is 2. The van der Waals surface area contributed by atoms with Crippen LogP contribution in [0.2, 0.25) is 10.0 Å². The van der Waals surface area contributed by atoms with E-state index in [0.717, 1.165) is 35.9 Å². The van der Waals surface area contributed by atoms with E-state index in [9.17, 15) is 18.0 Å². The van der Waals surface area contributed by atoms with Gasteiger partial charge in [0.05, 0.1) is 6.04 Å². The second-order valence-corrected chi connectivity index (χ2v) is 12.3. The highest BCUT2D eigenvalue weighted by atomic mass is 35.5. The van der Waals surface area contributed by atoms with Gasteiger partial charge in [0.2, 0.25) is 5.91 Å². The Morgan fingerprint density at radius 1 is 1.06 bits per heavy atom. The van der Waals surface area contributed by atoms with Gasteiger partial charge >= 0.3 is 6.09 Å². The van der Waals surface area contributed by atoms with Gasteiger partial charge in [0.15, 0.2) is 9.84 Å². The molecule has 8 nitrogen and oxygen atoms in total. The second kappa shape index (κ2) is 10.9. The fourth-order valence-electron chi connectivity index (χ4n) is 4.76. The van der Waals surface area contributed by atoms with Gasteiger partial charge in [-0.3, -0.25) is 4.79 Å². The highest BCUT2D eigenvalue weighted by molar-refractivity contribution is 7.91. The van der Waals surface area contributed by atoms with Crippen molar-refractivity contribution in [3.05, 3.63) is 63.1 Å². The third kappa shape index (κ3) is 6.44. The summed E-state index contributed by atoms with van der Waals surface area (Å²) >= 11 is 12.1. The van der Waals surface area contributed by atoms with E-state index in [1.807, 2.05) is 0 Å². The number of hydrogen-bond acceptors (Lipinski definition) is 6. The Hall–Kier alpha value is -2.49. The number of sulfone groups is 1. The molecular formula is C25H29Cl2N3O5S. The molecule has 4 rings (SSSR count). The van der Waals surface area contributed by atoms with Crippen molar-refractivity contribution in [2.45, 2.75) is 25.5 Å². The van der Waals surface area contributed by atoms with E-state index in [1.165, 1.54) is 5.56 Å². The lowest BCUT2D eigenvalue weighted by Crippen LogP contribution is -2.50. The number of amides is 2. The first-order valence-corrected chi connectivity index (χ1v) is 14.5. The Morgan fingerprint density at radius 3 is 2.36 bits per heavy atom. The molecule has 36 heavy (non-hydrogen) atoms. The summed E-state index contributed by atoms with van der Waals surface area (Å²) in [6.07, 6.45) is 2.32. The molecular weight excluding hydrogens is 525 g/mol. The molecule has 194 valence electrons. The zero-order chi connectivity index (χ0) is 26.0. The minimum atomic E-state index is -3.35. The Morgan fingerprint density at radius 2 is 1.72 bits per heavy atom. The smallest absolute Gasteiger partial charge is 0.410 e. The number of halogens is 2. The summed E-state index contributed by atoms with van der Waals surface area (Å²) in [5, 5.41) is 0.972. The van der Waals surface area contributed by atoms with Crippen molar-refractivity contribution >= 4 is 50.7 Å². The zero-order valence-corrected chi connectivity index (χ0v) is 22.6. The van der Waals surface area contributed by atoms with E-state index < -0.39 is 21.7 Å². The van der Waals surface area contributed by atoms with Gasteiger partial charge < -0.3 is 19.4 Å². The largest absolute Gasteiger partial charge is 0.445 e. The molecule has 0 aromatic heterocycles. The molecule has 0 spiro atoms. The molecule has 2 amide bonds. The van der Waals surface area contributed by atoms with Gasteiger partial charge in [-0.05, 0) is 59.9 Å². The standard InChI is InChI=1S/C25H29Cl2N3O5S/c1-28(25(32)35-15-17-11-19(26)13-20(27)12-17)23-6-4-18-3-5-21(14-22(18)23)29-7-9-30(10-8-29)24(31)16-36(2,33)34/h3,5,11-14,23H,4,6-10,15-16H2,1-2H3. The second-order valence-electron chi connectivity index (χ2n) is 9.32. The van der Waals surface area contributed by atoms with E-state index in [-0.39, 0.29) is 18.6 Å². The third-order valence-electron chi connectivity index (χ3n) is 6.60. The number of piperazine rings is 1. The Labute approximate surface area is 221 Å². The van der Waals surface area contributed by atoms with Crippen LogP contribution in [0.4, 0.5) is 10.5 Å². The molecule has 0 N–H and O–H groups in total. The molecule has 0 saturated carbocycles. The molecule has 0 bridgehead atoms. The molecule has 2 aromatic carbocycles. The maximum Gasteiger partial charge on any atom is 0.410 e. The van der Waals surface area contributed by atoms with Crippen LogP contribution >= 0.6 is 23.2 Å². The lowest BCUT2D eigenvalue weighted by molar-refractivity contribution is -0.128. The lowest BCUT2D eigenvalue weighted by atomic mass is 10.1. The number of nitrogens with zero attached hydrogens (tertiary/aromatic N) is 3. The summed E-state index contributed by atoms with van der Waals surface area (Å²) in [6, 6.07) is 11.2. The minimum absolute atomic E-state index is 0.0748. The first kappa shape index (κ1) is 26.6. The van der Waals surface area contributed by atoms with Crippen molar-refractivity contribution in [2.75, 3.05) is 50.1 Å². The SMILES string of the molecule is CN(C(=O)OCc1cc(Cl)cc(Cl)c1)C1CCc2ccc(N3CCN(C(=O)CS(C)(=O)=O)CC3)cc21. The Bertz CT molecular complexity index is 1240. The van der Waals surface area contributed by atoms with E-state index in [1.54, 1.807) is 35.0 Å². The molecule has 2 aliphatic rings. The van der Waals surface area contributed by atoms with Crippen molar-refractivity contribution in [2.24, 2.45) is 0 Å². The summed E-state index contributed by atoms with van der Waals surface area (Å²) in [7, 11) is -1.61. The van der Waals surface area contributed by atoms with E-state index in [0.29, 0.717) is 36.2 Å². The van der Waals surface area contributed by atoms with Gasteiger partial charge in [0.1, 0.15) is 12.4 Å². The zero-order valence-electron chi connectivity index (χ0n) is 20.2. The molecule has 1 unspecified atom stereocenters. The number of benzene rings is 2. The topological polar surface area (TPSA) is 87.2 Å². The molecule has 1 atom stereocenters. The fraction of sp³-hybridized carbons (Fsp3) is 0.440. The number of anilines is 1. The summed E-state index contributed by atoms with van der Waals surface area (Å²) in [5.41, 5.74) is 4.03. The van der Waals surface area contributed by atoms with Crippen LogP contribution in [-0.4, -0.2) is 75.5 Å². The van der Waals surface area contributed by atoms with Gasteiger partial charge in [-0.2, -0.15) is 0 Å². The summed E-state index contributed by atoms with van der Waals surface area (Å²) < 4.78 is 28.4. The fourth-order valence-corrected chi connectivity index (χ4v) is 5.97. The molecule has 1 aliphatic heterocycles. The van der Waals surface area contributed by atoms with Gasteiger partial charge in [-0.15, -0.1) is 0 Å². The average Bonchev–Trinajstić information content (AvgIpc) is 3.23. The third-order valence-corrected chi connectivity index (χ3v) is 7.81. The number of ether oxygens (including phenoxy) is 1. The quantitative estimate of drug-likeness (QED) is 0.538. The molecule has 1 fully saturated rings. The average molecular weight is 554 g/mol. The Kier molecular flexibility index (Phi) is 8.02. The van der Waals surface area contributed by atoms with Crippen molar-refractivity contribution in [3.63, 3.8) is 0 Å². The molecule has 1 saturated heterocycles. The van der Waals surface area contributed by atoms with Crippen molar-refractivity contribution in [3.8, 4) is 0 Å². The predicted octanol–water partition coefficient (Wildman–Crippen LogP) is 3.94. The monoisotopic (exact) mass is 553 g/mol. The van der Waals surface area contributed by atoms with Gasteiger partial charge in [0, 0.05) is 55.2 Å². The van der Waals surface area contributed by atoms with Crippen LogP contribution in [0.3, 0.4) is 0 Å². The van der Waals surface area contributed by atoms with Gasteiger partial charge in [-0.1, -0.05) is 29.3 Å². The highest BCUT2D eigenvalue weighted by Crippen LogP contribution is 2.38. The van der Waals surface area contributed by atoms with Crippen LogP contribution in [0.5, 0.6) is 0 Å². The number of hydrogen-bond donors (Lipinski definition) is 0. The maximum atomic E-state index is 12.8. The van der Waals surface area contributed by atoms with Crippen LogP contribution in [0.1, 0.15) is 29.2 Å². The van der Waals surface area contributed by atoms with Gasteiger partial charge in [0.25, 0.3) is 0 Å². The summed E-state index contributed by atoms with van der Waals surface area (Å²) in [6.45, 7) is 2.23. The number of carbonyl (C=O) groups is 2. The normalized spacial score (nSPS) is 17.6. The molecule has 0 radical (unpaired) electrons. The van der Waals surface area contributed by atoms with Crippen molar-refractivity contribution in [1.29, 1.82) is 0 Å². The van der Waals surface area contributed by atoms with Crippen molar-refractivity contribution in [1.82, 2.24) is 9.80 Å². The van der Waals surface area contributed by atoms with Crippen LogP contribution in [-0.2, 0) is 32.4 Å². The van der Waals surface area contributed by atoms with Crippen LogP contribution in [0.15, 0.2) is 36.4 Å².